The maximum absolute atomic E-state index is 13.2. The van der Waals surface area contributed by atoms with Crippen molar-refractivity contribution in [3.05, 3.63) is 101 Å². The van der Waals surface area contributed by atoms with Crippen LogP contribution in [0.15, 0.2) is 72.9 Å². The van der Waals surface area contributed by atoms with Gasteiger partial charge < -0.3 is 10.1 Å². The van der Waals surface area contributed by atoms with Gasteiger partial charge in [0.2, 0.25) is 0 Å². The highest BCUT2D eigenvalue weighted by atomic mass is 19.1. The van der Waals surface area contributed by atoms with E-state index in [1.807, 2.05) is 42.5 Å². The van der Waals surface area contributed by atoms with Crippen molar-refractivity contribution in [1.82, 2.24) is 10.3 Å². The molecule has 1 aromatic heterocycles. The number of carbonyl (C=O) groups excluding carboxylic acids is 1. The molecule has 1 aliphatic heterocycles. The van der Waals surface area contributed by atoms with Gasteiger partial charge >= 0.3 is 6.09 Å². The van der Waals surface area contributed by atoms with Gasteiger partial charge in [0, 0.05) is 17.3 Å². The number of ether oxygens (including phenoxy) is 1. The van der Waals surface area contributed by atoms with Crippen LogP contribution in [0.25, 0.3) is 0 Å². The molecule has 2 atom stereocenters. The van der Waals surface area contributed by atoms with Gasteiger partial charge in [-0.3, -0.25) is 4.98 Å². The second-order valence-corrected chi connectivity index (χ2v) is 6.08. The Bertz CT molecular complexity index is 1020. The minimum absolute atomic E-state index is 0.344. The van der Waals surface area contributed by atoms with E-state index in [4.69, 9.17) is 4.74 Å². The molecule has 2 aromatic carbocycles. The molecule has 0 spiro atoms. The molecule has 1 saturated heterocycles. The van der Waals surface area contributed by atoms with E-state index >= 15 is 0 Å². The van der Waals surface area contributed by atoms with Crippen molar-refractivity contribution in [3.63, 3.8) is 0 Å². The summed E-state index contributed by atoms with van der Waals surface area (Å²) in [5.74, 6) is 5.86. The zero-order valence-electron chi connectivity index (χ0n) is 14.2. The Morgan fingerprint density at radius 1 is 0.963 bits per heavy atom. The molecule has 132 valence electrons. The molecule has 0 radical (unpaired) electrons. The van der Waals surface area contributed by atoms with Gasteiger partial charge in [-0.15, -0.1) is 0 Å². The zero-order valence-corrected chi connectivity index (χ0v) is 14.2. The molecule has 27 heavy (non-hydrogen) atoms. The van der Waals surface area contributed by atoms with Gasteiger partial charge in [0.25, 0.3) is 0 Å². The van der Waals surface area contributed by atoms with Gasteiger partial charge in [-0.05, 0) is 42.0 Å². The second kappa shape index (κ2) is 7.30. The fourth-order valence-electron chi connectivity index (χ4n) is 2.92. The predicted molar refractivity (Wildman–Crippen MR) is 98.2 cm³/mol. The zero-order chi connectivity index (χ0) is 18.6. The van der Waals surface area contributed by atoms with E-state index < -0.39 is 18.2 Å². The molecule has 0 bridgehead atoms. The van der Waals surface area contributed by atoms with Gasteiger partial charge in [-0.2, -0.15) is 0 Å². The van der Waals surface area contributed by atoms with Crippen molar-refractivity contribution in [3.8, 4) is 11.8 Å². The molecule has 1 N–H and O–H groups in total. The third-order valence-corrected chi connectivity index (χ3v) is 4.23. The fourth-order valence-corrected chi connectivity index (χ4v) is 2.92. The number of rotatable bonds is 2. The largest absolute Gasteiger partial charge is 0.439 e. The monoisotopic (exact) mass is 358 g/mol. The van der Waals surface area contributed by atoms with Gasteiger partial charge in [0.05, 0.1) is 5.69 Å². The van der Waals surface area contributed by atoms with Crippen molar-refractivity contribution in [2.45, 2.75) is 12.1 Å². The van der Waals surface area contributed by atoms with Crippen LogP contribution in [-0.2, 0) is 4.74 Å². The molecular formula is C22H15FN2O2. The Labute approximate surface area is 156 Å². The summed E-state index contributed by atoms with van der Waals surface area (Å²) in [5.41, 5.74) is 3.03. The third-order valence-electron chi connectivity index (χ3n) is 4.23. The van der Waals surface area contributed by atoms with E-state index in [1.54, 1.807) is 18.3 Å². The highest BCUT2D eigenvalue weighted by Crippen LogP contribution is 2.35. The number of amides is 1. The van der Waals surface area contributed by atoms with Crippen molar-refractivity contribution in [2.24, 2.45) is 0 Å². The summed E-state index contributed by atoms with van der Waals surface area (Å²) in [5, 5.41) is 2.77. The molecule has 0 unspecified atom stereocenters. The lowest BCUT2D eigenvalue weighted by Gasteiger charge is -2.17. The molecule has 0 saturated carbocycles. The van der Waals surface area contributed by atoms with Crippen LogP contribution in [-0.4, -0.2) is 11.1 Å². The van der Waals surface area contributed by atoms with E-state index in [1.165, 1.54) is 12.1 Å². The number of nitrogens with zero attached hydrogens (tertiary/aromatic N) is 1. The van der Waals surface area contributed by atoms with Crippen molar-refractivity contribution >= 4 is 6.09 Å². The van der Waals surface area contributed by atoms with Gasteiger partial charge in [0.1, 0.15) is 11.9 Å². The average molecular weight is 358 g/mol. The van der Waals surface area contributed by atoms with E-state index in [0.29, 0.717) is 11.3 Å². The lowest BCUT2D eigenvalue weighted by molar-refractivity contribution is 0.132. The van der Waals surface area contributed by atoms with Gasteiger partial charge in [-0.25, -0.2) is 9.18 Å². The predicted octanol–water partition coefficient (Wildman–Crippen LogP) is 4.14. The number of nitrogens with one attached hydrogen (secondary N) is 1. The van der Waals surface area contributed by atoms with Gasteiger partial charge in [0.15, 0.2) is 6.10 Å². The van der Waals surface area contributed by atoms with Crippen molar-refractivity contribution in [1.29, 1.82) is 0 Å². The highest BCUT2D eigenvalue weighted by Gasteiger charge is 2.37. The molecule has 2 heterocycles. The number of hydrogen-bond donors (Lipinski definition) is 1. The summed E-state index contributed by atoms with van der Waals surface area (Å²) in [7, 11) is 0. The first-order chi connectivity index (χ1) is 13.2. The van der Waals surface area contributed by atoms with E-state index in [9.17, 15) is 9.18 Å². The maximum Gasteiger partial charge on any atom is 0.408 e. The minimum Gasteiger partial charge on any atom is -0.439 e. The Balaban J connectivity index is 1.63. The molecule has 3 aromatic rings. The Hall–Kier alpha value is -3.65. The smallest absolute Gasteiger partial charge is 0.408 e. The molecule has 0 aliphatic carbocycles. The third kappa shape index (κ3) is 3.80. The summed E-state index contributed by atoms with van der Waals surface area (Å²) in [6.45, 7) is 0. The van der Waals surface area contributed by atoms with E-state index in [0.717, 1.165) is 11.1 Å². The lowest BCUT2D eigenvalue weighted by Crippen LogP contribution is -2.20. The summed E-state index contributed by atoms with van der Waals surface area (Å²) in [6.07, 6.45) is 0.538. The standard InChI is InChI=1S/C22H15FN2O2/c23-18-10-8-17(9-11-18)21-20(25-22(26)27-21)19-14-16(12-13-24-19)7-6-15-4-2-1-3-5-15/h1-5,8-14,20-21H,(H,25,26)/t20-,21-/m1/s1. The Morgan fingerprint density at radius 2 is 1.70 bits per heavy atom. The molecule has 1 amide bonds. The lowest BCUT2D eigenvalue weighted by atomic mass is 9.99. The van der Waals surface area contributed by atoms with Crippen LogP contribution in [0, 0.1) is 17.7 Å². The maximum atomic E-state index is 13.2. The topological polar surface area (TPSA) is 51.2 Å². The Morgan fingerprint density at radius 3 is 2.48 bits per heavy atom. The number of hydrogen-bond acceptors (Lipinski definition) is 3. The number of aromatic nitrogens is 1. The number of cyclic esters (lactones) is 1. The van der Waals surface area contributed by atoms with Crippen LogP contribution in [0.4, 0.5) is 9.18 Å². The minimum atomic E-state index is -0.581. The quantitative estimate of drug-likeness (QED) is 0.701. The number of benzene rings is 2. The first-order valence-electron chi connectivity index (χ1n) is 8.45. The van der Waals surface area contributed by atoms with Crippen LogP contribution in [0.5, 0.6) is 0 Å². The van der Waals surface area contributed by atoms with E-state index in [2.05, 4.69) is 22.1 Å². The number of pyridine rings is 1. The summed E-state index contributed by atoms with van der Waals surface area (Å²) >= 11 is 0. The van der Waals surface area contributed by atoms with E-state index in [-0.39, 0.29) is 5.82 Å². The molecule has 1 aliphatic rings. The summed E-state index contributed by atoms with van der Waals surface area (Å²) < 4.78 is 18.6. The average Bonchev–Trinajstić information content (AvgIpc) is 3.10. The van der Waals surface area contributed by atoms with Crippen LogP contribution in [0.2, 0.25) is 0 Å². The molecule has 4 rings (SSSR count). The molecular weight excluding hydrogens is 343 g/mol. The van der Waals surface area contributed by atoms with Crippen molar-refractivity contribution in [2.75, 3.05) is 0 Å². The second-order valence-electron chi connectivity index (χ2n) is 6.08. The van der Waals surface area contributed by atoms with Crippen LogP contribution in [0.1, 0.15) is 34.5 Å². The SMILES string of the molecule is O=C1N[C@H](c2cc(C#Cc3ccccc3)ccn2)[C@@H](c2ccc(F)cc2)O1. The number of halogens is 1. The van der Waals surface area contributed by atoms with Crippen LogP contribution < -0.4 is 5.32 Å². The molecule has 4 nitrogen and oxygen atoms in total. The van der Waals surface area contributed by atoms with Crippen LogP contribution in [0.3, 0.4) is 0 Å². The van der Waals surface area contributed by atoms with Crippen LogP contribution >= 0.6 is 0 Å². The molecule has 1 fully saturated rings. The first kappa shape index (κ1) is 16.8. The normalized spacial score (nSPS) is 18.2. The first-order valence-corrected chi connectivity index (χ1v) is 8.45. The fraction of sp³-hybridized carbons (Fsp3) is 0.0909. The van der Waals surface area contributed by atoms with Gasteiger partial charge in [-0.1, -0.05) is 42.2 Å². The summed E-state index contributed by atoms with van der Waals surface area (Å²) in [6, 6.07) is 18.7. The highest BCUT2D eigenvalue weighted by molar-refractivity contribution is 5.71. The summed E-state index contributed by atoms with van der Waals surface area (Å²) in [4.78, 5) is 16.2. The van der Waals surface area contributed by atoms with Crippen molar-refractivity contribution < 1.29 is 13.9 Å². The Kier molecular flexibility index (Phi) is 4.54. The number of carbonyl (C=O) groups is 1. The number of alkyl carbamates (subject to hydrolysis) is 1. The molecule has 5 heteroatoms.